The highest BCUT2D eigenvalue weighted by Crippen LogP contribution is 2.14. The Morgan fingerprint density at radius 3 is 2.72 bits per heavy atom. The Morgan fingerprint density at radius 2 is 2.17 bits per heavy atom. The van der Waals surface area contributed by atoms with Crippen molar-refractivity contribution < 1.29 is 23.8 Å². The van der Waals surface area contributed by atoms with E-state index in [2.05, 4.69) is 10.6 Å². The Kier molecular flexibility index (Phi) is 5.06. The number of carboxylic acid groups (broad SMARTS) is 1. The number of anilines is 1. The van der Waals surface area contributed by atoms with Crippen molar-refractivity contribution in [3.05, 3.63) is 29.6 Å². The number of ether oxygens (including phenoxy) is 1. The maximum Gasteiger partial charge on any atom is 0.338 e. The molecule has 0 fully saturated rings. The average molecular weight is 256 g/mol. The molecule has 0 aromatic heterocycles. The molecule has 0 aliphatic heterocycles. The van der Waals surface area contributed by atoms with E-state index < -0.39 is 23.4 Å². The molecule has 0 saturated carbocycles. The van der Waals surface area contributed by atoms with E-state index in [0.717, 1.165) is 12.1 Å². The number of hydrogen-bond acceptors (Lipinski definition) is 3. The third-order valence-corrected chi connectivity index (χ3v) is 2.05. The molecule has 0 spiro atoms. The minimum Gasteiger partial charge on any atom is -0.478 e. The number of amides is 2. The first-order valence-corrected chi connectivity index (χ1v) is 5.11. The van der Waals surface area contributed by atoms with Gasteiger partial charge in [-0.3, -0.25) is 0 Å². The fourth-order valence-electron chi connectivity index (χ4n) is 1.21. The van der Waals surface area contributed by atoms with Crippen molar-refractivity contribution in [2.75, 3.05) is 25.6 Å². The molecule has 1 aromatic rings. The van der Waals surface area contributed by atoms with Gasteiger partial charge in [-0.2, -0.15) is 0 Å². The number of carboxylic acids is 1. The van der Waals surface area contributed by atoms with Crippen LogP contribution in [0, 0.1) is 5.82 Å². The van der Waals surface area contributed by atoms with Crippen LogP contribution in [0.3, 0.4) is 0 Å². The van der Waals surface area contributed by atoms with E-state index in [9.17, 15) is 14.0 Å². The van der Waals surface area contributed by atoms with Crippen LogP contribution >= 0.6 is 0 Å². The fraction of sp³-hybridized carbons (Fsp3) is 0.273. The standard InChI is InChI=1S/C11H13FN2O4/c1-18-5-4-13-11(17)14-7-2-3-8(10(15)16)9(12)6-7/h2-3,6H,4-5H2,1H3,(H,15,16)(H2,13,14,17). The summed E-state index contributed by atoms with van der Waals surface area (Å²) in [7, 11) is 1.50. The van der Waals surface area contributed by atoms with Crippen LogP contribution in [0.5, 0.6) is 0 Å². The number of carbonyl (C=O) groups excluding carboxylic acids is 1. The summed E-state index contributed by atoms with van der Waals surface area (Å²) < 4.78 is 18.0. The molecule has 0 aliphatic rings. The predicted molar refractivity (Wildman–Crippen MR) is 62.3 cm³/mol. The van der Waals surface area contributed by atoms with Crippen molar-refractivity contribution in [3.63, 3.8) is 0 Å². The first-order valence-electron chi connectivity index (χ1n) is 5.11. The molecule has 18 heavy (non-hydrogen) atoms. The second-order valence-corrected chi connectivity index (χ2v) is 3.37. The summed E-state index contributed by atoms with van der Waals surface area (Å²) in [6, 6.07) is 2.82. The zero-order chi connectivity index (χ0) is 13.5. The van der Waals surface area contributed by atoms with Gasteiger partial charge in [-0.1, -0.05) is 0 Å². The topological polar surface area (TPSA) is 87.7 Å². The number of halogens is 1. The third kappa shape index (κ3) is 4.02. The van der Waals surface area contributed by atoms with Gasteiger partial charge in [-0.05, 0) is 18.2 Å². The van der Waals surface area contributed by atoms with Gasteiger partial charge >= 0.3 is 12.0 Å². The highest BCUT2D eigenvalue weighted by Gasteiger charge is 2.11. The van der Waals surface area contributed by atoms with Gasteiger partial charge in [0.2, 0.25) is 0 Å². The van der Waals surface area contributed by atoms with Gasteiger partial charge in [0.15, 0.2) is 0 Å². The number of rotatable bonds is 5. The molecule has 0 saturated heterocycles. The number of carbonyl (C=O) groups is 2. The van der Waals surface area contributed by atoms with Gasteiger partial charge in [-0.15, -0.1) is 0 Å². The molecule has 2 amide bonds. The lowest BCUT2D eigenvalue weighted by molar-refractivity contribution is 0.0692. The van der Waals surface area contributed by atoms with E-state index in [1.165, 1.54) is 13.2 Å². The summed E-state index contributed by atoms with van der Waals surface area (Å²) in [5.41, 5.74) is -0.271. The highest BCUT2D eigenvalue weighted by molar-refractivity contribution is 5.91. The van der Waals surface area contributed by atoms with Crippen LogP contribution in [0.1, 0.15) is 10.4 Å². The molecular formula is C11H13FN2O4. The molecular weight excluding hydrogens is 243 g/mol. The third-order valence-electron chi connectivity index (χ3n) is 2.05. The zero-order valence-electron chi connectivity index (χ0n) is 9.70. The van der Waals surface area contributed by atoms with E-state index >= 15 is 0 Å². The van der Waals surface area contributed by atoms with Crippen LogP contribution in [0.15, 0.2) is 18.2 Å². The Bertz CT molecular complexity index is 451. The summed E-state index contributed by atoms with van der Waals surface area (Å²) in [4.78, 5) is 21.9. The van der Waals surface area contributed by atoms with Crippen LogP contribution in [0.2, 0.25) is 0 Å². The second-order valence-electron chi connectivity index (χ2n) is 3.37. The Morgan fingerprint density at radius 1 is 1.44 bits per heavy atom. The molecule has 0 unspecified atom stereocenters. The van der Waals surface area contributed by atoms with Crippen LogP contribution in [-0.2, 0) is 4.74 Å². The number of methoxy groups -OCH3 is 1. The van der Waals surface area contributed by atoms with Gasteiger partial charge in [0, 0.05) is 19.3 Å². The number of benzene rings is 1. The average Bonchev–Trinajstić information content (AvgIpc) is 2.28. The van der Waals surface area contributed by atoms with Crippen molar-refractivity contribution in [1.82, 2.24) is 5.32 Å². The monoisotopic (exact) mass is 256 g/mol. The van der Waals surface area contributed by atoms with Gasteiger partial charge in [0.05, 0.1) is 12.2 Å². The number of nitrogens with one attached hydrogen (secondary N) is 2. The van der Waals surface area contributed by atoms with E-state index in [1.807, 2.05) is 0 Å². The van der Waals surface area contributed by atoms with E-state index in [1.54, 1.807) is 0 Å². The SMILES string of the molecule is COCCNC(=O)Nc1ccc(C(=O)O)c(F)c1. The minimum atomic E-state index is -1.36. The first-order chi connectivity index (χ1) is 8.54. The van der Waals surface area contributed by atoms with Crippen LogP contribution in [0.4, 0.5) is 14.9 Å². The number of aromatic carboxylic acids is 1. The summed E-state index contributed by atoms with van der Waals surface area (Å²) >= 11 is 0. The van der Waals surface area contributed by atoms with Crippen molar-refractivity contribution in [1.29, 1.82) is 0 Å². The smallest absolute Gasteiger partial charge is 0.338 e. The van der Waals surface area contributed by atoms with Crippen LogP contribution < -0.4 is 10.6 Å². The molecule has 1 aromatic carbocycles. The molecule has 0 heterocycles. The summed E-state index contributed by atoms with van der Waals surface area (Å²) in [6.07, 6.45) is 0. The predicted octanol–water partition coefficient (Wildman–Crippen LogP) is 1.29. The largest absolute Gasteiger partial charge is 0.478 e. The summed E-state index contributed by atoms with van der Waals surface area (Å²) in [5.74, 6) is -2.26. The van der Waals surface area contributed by atoms with E-state index in [-0.39, 0.29) is 5.69 Å². The fourth-order valence-corrected chi connectivity index (χ4v) is 1.21. The lowest BCUT2D eigenvalue weighted by Crippen LogP contribution is -2.31. The summed E-state index contributed by atoms with van der Waals surface area (Å²) in [6.45, 7) is 0.678. The molecule has 0 bridgehead atoms. The first kappa shape index (κ1) is 13.9. The van der Waals surface area contributed by atoms with E-state index in [0.29, 0.717) is 13.2 Å². The molecule has 7 heteroatoms. The molecule has 0 radical (unpaired) electrons. The van der Waals surface area contributed by atoms with Gasteiger partial charge < -0.3 is 20.5 Å². The van der Waals surface area contributed by atoms with E-state index in [4.69, 9.17) is 9.84 Å². The molecule has 3 N–H and O–H groups in total. The maximum atomic E-state index is 13.3. The van der Waals surface area contributed by atoms with Crippen molar-refractivity contribution in [3.8, 4) is 0 Å². The lowest BCUT2D eigenvalue weighted by Gasteiger charge is -2.07. The number of urea groups is 1. The normalized spacial score (nSPS) is 9.89. The molecule has 98 valence electrons. The van der Waals surface area contributed by atoms with Crippen LogP contribution in [0.25, 0.3) is 0 Å². The summed E-state index contributed by atoms with van der Waals surface area (Å²) in [5, 5.41) is 13.5. The van der Waals surface area contributed by atoms with Gasteiger partial charge in [-0.25, -0.2) is 14.0 Å². The van der Waals surface area contributed by atoms with Gasteiger partial charge in [0.25, 0.3) is 0 Å². The number of hydrogen-bond donors (Lipinski definition) is 3. The van der Waals surface area contributed by atoms with Crippen LogP contribution in [-0.4, -0.2) is 37.4 Å². The molecule has 0 atom stereocenters. The quantitative estimate of drug-likeness (QED) is 0.693. The van der Waals surface area contributed by atoms with Crippen molar-refractivity contribution in [2.24, 2.45) is 0 Å². The van der Waals surface area contributed by atoms with Crippen molar-refractivity contribution >= 4 is 17.7 Å². The molecule has 1 rings (SSSR count). The maximum absolute atomic E-state index is 13.3. The van der Waals surface area contributed by atoms with Crippen molar-refractivity contribution in [2.45, 2.75) is 0 Å². The molecule has 0 aliphatic carbocycles. The highest BCUT2D eigenvalue weighted by atomic mass is 19.1. The second kappa shape index (κ2) is 6.55. The van der Waals surface area contributed by atoms with Gasteiger partial charge in [0.1, 0.15) is 5.82 Å². The Labute approximate surface area is 103 Å². The Balaban J connectivity index is 2.60. The zero-order valence-corrected chi connectivity index (χ0v) is 9.70. The Hall–Kier alpha value is -2.15. The molecule has 6 nitrogen and oxygen atoms in total. The minimum absolute atomic E-state index is 0.174. The lowest BCUT2D eigenvalue weighted by atomic mass is 10.2.